The summed E-state index contributed by atoms with van der Waals surface area (Å²) in [6.07, 6.45) is 1.80. The lowest BCUT2D eigenvalue weighted by Crippen LogP contribution is -1.97. The van der Waals surface area contributed by atoms with Crippen LogP contribution in [0.5, 0.6) is 11.5 Å². The maximum atomic E-state index is 10.1. The summed E-state index contributed by atoms with van der Waals surface area (Å²) < 4.78 is 1.96. The van der Waals surface area contributed by atoms with Gasteiger partial charge >= 0.3 is 0 Å². The van der Waals surface area contributed by atoms with Crippen molar-refractivity contribution in [3.05, 3.63) is 56.0 Å². The molecule has 0 amide bonds. The van der Waals surface area contributed by atoms with Crippen LogP contribution in [0.15, 0.2) is 39.3 Å². The minimum Gasteiger partial charge on any atom is -0.508 e. The molecule has 4 heteroatoms. The van der Waals surface area contributed by atoms with Crippen molar-refractivity contribution in [3.8, 4) is 11.5 Å². The molecule has 1 atom stereocenters. The summed E-state index contributed by atoms with van der Waals surface area (Å²) >= 11 is 6.97. The van der Waals surface area contributed by atoms with Gasteiger partial charge in [-0.2, -0.15) is 0 Å². The fourth-order valence-corrected chi connectivity index (χ4v) is 3.74. The SMILES string of the molecule is Oc1ccc(Br)cc1C1CCc2c(Br)ccc(O)c21. The summed E-state index contributed by atoms with van der Waals surface area (Å²) in [6, 6.07) is 9.00. The van der Waals surface area contributed by atoms with Crippen molar-refractivity contribution in [1.82, 2.24) is 0 Å². The molecule has 0 saturated carbocycles. The molecule has 2 aromatic carbocycles. The molecule has 0 fully saturated rings. The number of rotatable bonds is 1. The van der Waals surface area contributed by atoms with Gasteiger partial charge in [-0.25, -0.2) is 0 Å². The van der Waals surface area contributed by atoms with Crippen LogP contribution in [-0.2, 0) is 6.42 Å². The summed E-state index contributed by atoms with van der Waals surface area (Å²) in [6.45, 7) is 0. The van der Waals surface area contributed by atoms with Gasteiger partial charge in [0.1, 0.15) is 11.5 Å². The van der Waals surface area contributed by atoms with Gasteiger partial charge in [0.2, 0.25) is 0 Å². The molecule has 0 radical (unpaired) electrons. The van der Waals surface area contributed by atoms with E-state index in [1.807, 2.05) is 18.2 Å². The van der Waals surface area contributed by atoms with E-state index >= 15 is 0 Å². The molecule has 0 saturated heterocycles. The van der Waals surface area contributed by atoms with Crippen molar-refractivity contribution in [2.24, 2.45) is 0 Å². The van der Waals surface area contributed by atoms with Crippen LogP contribution < -0.4 is 0 Å². The smallest absolute Gasteiger partial charge is 0.119 e. The lowest BCUT2D eigenvalue weighted by molar-refractivity contribution is 0.455. The normalized spacial score (nSPS) is 17.5. The Hall–Kier alpha value is -1.00. The molecule has 2 nitrogen and oxygen atoms in total. The number of aromatic hydroxyl groups is 2. The Bertz CT molecular complexity index is 653. The minimum absolute atomic E-state index is 0.0463. The van der Waals surface area contributed by atoms with Crippen LogP contribution in [-0.4, -0.2) is 10.2 Å². The number of phenols is 2. The molecule has 1 aliphatic carbocycles. The highest BCUT2D eigenvalue weighted by Gasteiger charge is 2.30. The van der Waals surface area contributed by atoms with E-state index in [0.29, 0.717) is 5.75 Å². The van der Waals surface area contributed by atoms with Crippen LogP contribution in [0.4, 0.5) is 0 Å². The molecule has 1 aliphatic rings. The third-order valence-corrected chi connectivity index (χ3v) is 4.91. The average Bonchev–Trinajstić information content (AvgIpc) is 2.83. The lowest BCUT2D eigenvalue weighted by Gasteiger charge is -2.16. The van der Waals surface area contributed by atoms with E-state index in [2.05, 4.69) is 31.9 Å². The molecule has 3 rings (SSSR count). The van der Waals surface area contributed by atoms with Crippen LogP contribution in [0, 0.1) is 0 Å². The van der Waals surface area contributed by atoms with Crippen molar-refractivity contribution in [3.63, 3.8) is 0 Å². The molecular weight excluding hydrogens is 372 g/mol. The van der Waals surface area contributed by atoms with E-state index in [4.69, 9.17) is 0 Å². The molecule has 0 aromatic heterocycles. The third-order valence-electron chi connectivity index (χ3n) is 3.67. The zero-order valence-corrected chi connectivity index (χ0v) is 13.2. The Morgan fingerprint density at radius 2 is 1.74 bits per heavy atom. The predicted molar refractivity (Wildman–Crippen MR) is 81.8 cm³/mol. The van der Waals surface area contributed by atoms with Gasteiger partial charge in [-0.05, 0) is 48.7 Å². The summed E-state index contributed by atoms with van der Waals surface area (Å²) in [5.41, 5.74) is 2.94. The van der Waals surface area contributed by atoms with Gasteiger partial charge in [0.05, 0.1) is 0 Å². The number of fused-ring (bicyclic) bond motifs is 1. The fourth-order valence-electron chi connectivity index (χ4n) is 2.82. The number of halogens is 2. The predicted octanol–water partition coefficient (Wildman–Crippen LogP) is 4.70. The zero-order valence-electron chi connectivity index (χ0n) is 10.0. The van der Waals surface area contributed by atoms with Crippen LogP contribution >= 0.6 is 31.9 Å². The second-order valence-electron chi connectivity index (χ2n) is 4.75. The zero-order chi connectivity index (χ0) is 13.6. The quantitative estimate of drug-likeness (QED) is 0.749. The van der Waals surface area contributed by atoms with Gasteiger partial charge in [-0.3, -0.25) is 0 Å². The number of hydrogen-bond acceptors (Lipinski definition) is 2. The van der Waals surface area contributed by atoms with Crippen molar-refractivity contribution in [2.45, 2.75) is 18.8 Å². The average molecular weight is 384 g/mol. The Labute approximate surface area is 128 Å². The highest BCUT2D eigenvalue weighted by molar-refractivity contribution is 9.10. The second kappa shape index (κ2) is 4.84. The van der Waals surface area contributed by atoms with E-state index in [-0.39, 0.29) is 11.7 Å². The first kappa shape index (κ1) is 13.0. The van der Waals surface area contributed by atoms with Crippen molar-refractivity contribution in [2.75, 3.05) is 0 Å². The van der Waals surface area contributed by atoms with Crippen LogP contribution in [0.25, 0.3) is 0 Å². The minimum atomic E-state index is 0.0463. The molecule has 2 aromatic rings. The van der Waals surface area contributed by atoms with Gasteiger partial charge in [0.25, 0.3) is 0 Å². The first-order valence-electron chi connectivity index (χ1n) is 6.06. The van der Waals surface area contributed by atoms with Crippen LogP contribution in [0.2, 0.25) is 0 Å². The number of benzene rings is 2. The highest BCUT2D eigenvalue weighted by Crippen LogP contribution is 2.47. The van der Waals surface area contributed by atoms with Crippen LogP contribution in [0.3, 0.4) is 0 Å². The van der Waals surface area contributed by atoms with Gasteiger partial charge in [-0.1, -0.05) is 31.9 Å². The highest BCUT2D eigenvalue weighted by atomic mass is 79.9. The molecule has 19 heavy (non-hydrogen) atoms. The first-order valence-corrected chi connectivity index (χ1v) is 7.65. The number of hydrogen-bond donors (Lipinski definition) is 2. The van der Waals surface area contributed by atoms with E-state index in [1.165, 1.54) is 0 Å². The first-order chi connectivity index (χ1) is 9.08. The maximum absolute atomic E-state index is 10.1. The Kier molecular flexibility index (Phi) is 3.31. The Morgan fingerprint density at radius 3 is 2.53 bits per heavy atom. The summed E-state index contributed by atoms with van der Waals surface area (Å²) in [5.74, 6) is 0.630. The summed E-state index contributed by atoms with van der Waals surface area (Å²) in [7, 11) is 0. The van der Waals surface area contributed by atoms with Gasteiger partial charge in [0, 0.05) is 26.0 Å². The number of phenolic OH excluding ortho intramolecular Hbond substituents is 2. The van der Waals surface area contributed by atoms with E-state index in [1.54, 1.807) is 12.1 Å². The summed E-state index contributed by atoms with van der Waals surface area (Å²) in [5, 5.41) is 20.2. The van der Waals surface area contributed by atoms with Crippen molar-refractivity contribution in [1.29, 1.82) is 0 Å². The van der Waals surface area contributed by atoms with E-state index in [9.17, 15) is 10.2 Å². The summed E-state index contributed by atoms with van der Waals surface area (Å²) in [4.78, 5) is 0. The molecule has 0 heterocycles. The Balaban J connectivity index is 2.17. The van der Waals surface area contributed by atoms with Gasteiger partial charge < -0.3 is 10.2 Å². The molecule has 2 N–H and O–H groups in total. The Morgan fingerprint density at radius 1 is 1.00 bits per heavy atom. The van der Waals surface area contributed by atoms with Gasteiger partial charge in [-0.15, -0.1) is 0 Å². The maximum Gasteiger partial charge on any atom is 0.119 e. The molecular formula is C15H12Br2O2. The van der Waals surface area contributed by atoms with E-state index < -0.39 is 0 Å². The topological polar surface area (TPSA) is 40.5 Å². The van der Waals surface area contributed by atoms with Crippen molar-refractivity contribution < 1.29 is 10.2 Å². The molecule has 0 aliphatic heterocycles. The van der Waals surface area contributed by atoms with Crippen molar-refractivity contribution >= 4 is 31.9 Å². The standard InChI is InChI=1S/C15H12Br2O2/c16-8-1-5-13(18)11(7-8)9-2-3-10-12(17)4-6-14(19)15(9)10/h1,4-7,9,18-19H,2-3H2. The second-order valence-corrected chi connectivity index (χ2v) is 6.52. The van der Waals surface area contributed by atoms with Crippen LogP contribution in [0.1, 0.15) is 29.0 Å². The van der Waals surface area contributed by atoms with E-state index in [0.717, 1.165) is 38.5 Å². The third kappa shape index (κ3) is 2.17. The molecule has 0 spiro atoms. The largest absolute Gasteiger partial charge is 0.508 e. The molecule has 0 bridgehead atoms. The molecule has 1 unspecified atom stereocenters. The lowest BCUT2D eigenvalue weighted by atomic mass is 9.91. The molecule has 98 valence electrons. The van der Waals surface area contributed by atoms with Gasteiger partial charge in [0.15, 0.2) is 0 Å². The fraction of sp³-hybridized carbons (Fsp3) is 0.200. The monoisotopic (exact) mass is 382 g/mol.